The zero-order valence-electron chi connectivity index (χ0n) is 14.3. The summed E-state index contributed by atoms with van der Waals surface area (Å²) in [6, 6.07) is 0.371. The molecule has 1 saturated heterocycles. The van der Waals surface area contributed by atoms with E-state index >= 15 is 0 Å². The minimum absolute atomic E-state index is 0.0767. The van der Waals surface area contributed by atoms with Gasteiger partial charge in [0, 0.05) is 31.7 Å². The smallest absolute Gasteiger partial charge is 0.138 e. The second-order valence-corrected chi connectivity index (χ2v) is 6.89. The Morgan fingerprint density at radius 3 is 2.43 bits per heavy atom. The molecule has 5 nitrogen and oxygen atoms in total. The highest BCUT2D eigenvalue weighted by Gasteiger charge is 2.31. The molecular weight excluding hydrogens is 264 g/mol. The van der Waals surface area contributed by atoms with Crippen LogP contribution in [-0.2, 0) is 10.2 Å². The lowest BCUT2D eigenvalue weighted by atomic mass is 9.95. The van der Waals surface area contributed by atoms with E-state index in [2.05, 4.69) is 56.9 Å². The molecule has 1 aromatic heterocycles. The van der Waals surface area contributed by atoms with E-state index in [4.69, 9.17) is 9.72 Å². The van der Waals surface area contributed by atoms with Crippen molar-refractivity contribution in [3.05, 3.63) is 11.4 Å². The summed E-state index contributed by atoms with van der Waals surface area (Å²) >= 11 is 0. The van der Waals surface area contributed by atoms with Crippen LogP contribution < -0.4 is 10.2 Å². The number of ether oxygens (including phenoxy) is 1. The van der Waals surface area contributed by atoms with Gasteiger partial charge in [0.25, 0.3) is 0 Å². The first-order valence-corrected chi connectivity index (χ1v) is 7.67. The molecule has 118 valence electrons. The van der Waals surface area contributed by atoms with Crippen molar-refractivity contribution < 1.29 is 4.74 Å². The van der Waals surface area contributed by atoms with Crippen molar-refractivity contribution in [2.45, 2.75) is 58.6 Å². The van der Waals surface area contributed by atoms with Crippen molar-refractivity contribution in [2.75, 3.05) is 30.9 Å². The predicted molar refractivity (Wildman–Crippen MR) is 87.2 cm³/mol. The molecule has 0 spiro atoms. The van der Waals surface area contributed by atoms with Crippen molar-refractivity contribution in [1.29, 1.82) is 0 Å². The molecule has 2 unspecified atom stereocenters. The molecule has 1 aromatic rings. The standard InChI is InChI=1S/C16H28N4O/c1-10-13(17-6)18-15(16(3,4)5)19-14(10)20(7)12-8-9-21-11(12)2/h11-12H,8-9H2,1-7H3,(H,17,18,19). The summed E-state index contributed by atoms with van der Waals surface area (Å²) in [5.41, 5.74) is 1.01. The van der Waals surface area contributed by atoms with E-state index in [1.54, 1.807) is 0 Å². The van der Waals surface area contributed by atoms with Crippen molar-refractivity contribution in [3.8, 4) is 0 Å². The topological polar surface area (TPSA) is 50.3 Å². The van der Waals surface area contributed by atoms with Crippen LogP contribution in [0.25, 0.3) is 0 Å². The van der Waals surface area contributed by atoms with Crippen molar-refractivity contribution in [2.24, 2.45) is 0 Å². The number of hydrogen-bond acceptors (Lipinski definition) is 5. The van der Waals surface area contributed by atoms with Crippen LogP contribution in [0.5, 0.6) is 0 Å². The van der Waals surface area contributed by atoms with Crippen molar-refractivity contribution >= 4 is 11.6 Å². The van der Waals surface area contributed by atoms with Gasteiger partial charge in [0.15, 0.2) is 0 Å². The zero-order chi connectivity index (χ0) is 15.8. The third kappa shape index (κ3) is 3.12. The van der Waals surface area contributed by atoms with E-state index < -0.39 is 0 Å². The highest BCUT2D eigenvalue weighted by Crippen LogP contribution is 2.31. The number of nitrogens with zero attached hydrogens (tertiary/aromatic N) is 3. The molecule has 0 amide bonds. The van der Waals surface area contributed by atoms with E-state index in [0.717, 1.165) is 36.1 Å². The van der Waals surface area contributed by atoms with Gasteiger partial charge in [-0.25, -0.2) is 9.97 Å². The quantitative estimate of drug-likeness (QED) is 0.928. The lowest BCUT2D eigenvalue weighted by Crippen LogP contribution is -2.38. The molecule has 1 N–H and O–H groups in total. The van der Waals surface area contributed by atoms with Gasteiger partial charge < -0.3 is 15.0 Å². The maximum atomic E-state index is 5.70. The summed E-state index contributed by atoms with van der Waals surface area (Å²) in [4.78, 5) is 11.8. The average molecular weight is 292 g/mol. The fourth-order valence-electron chi connectivity index (χ4n) is 2.81. The van der Waals surface area contributed by atoms with Gasteiger partial charge >= 0.3 is 0 Å². The normalized spacial score (nSPS) is 22.4. The molecule has 1 fully saturated rings. The third-order valence-corrected chi connectivity index (χ3v) is 4.20. The lowest BCUT2D eigenvalue weighted by Gasteiger charge is -2.31. The van der Waals surface area contributed by atoms with E-state index in [9.17, 15) is 0 Å². The minimum Gasteiger partial charge on any atom is -0.376 e. The van der Waals surface area contributed by atoms with E-state index in [-0.39, 0.29) is 11.5 Å². The van der Waals surface area contributed by atoms with Crippen LogP contribution in [0.1, 0.15) is 45.5 Å². The highest BCUT2D eigenvalue weighted by molar-refractivity contribution is 5.59. The Hall–Kier alpha value is -1.36. The number of hydrogen-bond donors (Lipinski definition) is 1. The number of rotatable bonds is 3. The zero-order valence-corrected chi connectivity index (χ0v) is 14.3. The largest absolute Gasteiger partial charge is 0.376 e. The van der Waals surface area contributed by atoms with E-state index in [1.807, 2.05) is 7.05 Å². The molecule has 1 aliphatic heterocycles. The molecule has 2 heterocycles. The first-order chi connectivity index (χ1) is 9.75. The maximum Gasteiger partial charge on any atom is 0.138 e. The molecule has 21 heavy (non-hydrogen) atoms. The van der Waals surface area contributed by atoms with Crippen LogP contribution >= 0.6 is 0 Å². The summed E-state index contributed by atoms with van der Waals surface area (Å²) in [6.45, 7) is 11.5. The average Bonchev–Trinajstić information content (AvgIpc) is 2.83. The second-order valence-electron chi connectivity index (χ2n) is 6.89. The van der Waals surface area contributed by atoms with Gasteiger partial charge in [0.05, 0.1) is 12.1 Å². The van der Waals surface area contributed by atoms with Gasteiger partial charge in [-0.1, -0.05) is 20.8 Å². The molecule has 5 heteroatoms. The Labute approximate surface area is 128 Å². The Morgan fingerprint density at radius 2 is 1.95 bits per heavy atom. The third-order valence-electron chi connectivity index (χ3n) is 4.20. The van der Waals surface area contributed by atoms with Gasteiger partial charge in [-0.3, -0.25) is 0 Å². The van der Waals surface area contributed by atoms with Crippen LogP contribution in [0, 0.1) is 6.92 Å². The molecule has 0 bridgehead atoms. The molecular formula is C16H28N4O. The maximum absolute atomic E-state index is 5.70. The van der Waals surface area contributed by atoms with Gasteiger partial charge in [-0.2, -0.15) is 0 Å². The second kappa shape index (κ2) is 5.79. The van der Waals surface area contributed by atoms with Crippen LogP contribution in [0.2, 0.25) is 0 Å². The first kappa shape index (κ1) is 16.0. The van der Waals surface area contributed by atoms with E-state index in [1.165, 1.54) is 0 Å². The Bertz CT molecular complexity index is 510. The van der Waals surface area contributed by atoms with Gasteiger partial charge in [-0.05, 0) is 20.3 Å². The van der Waals surface area contributed by atoms with Crippen LogP contribution in [0.4, 0.5) is 11.6 Å². The molecule has 0 radical (unpaired) electrons. The van der Waals surface area contributed by atoms with E-state index in [0.29, 0.717) is 6.04 Å². The monoisotopic (exact) mass is 292 g/mol. The van der Waals surface area contributed by atoms with Crippen molar-refractivity contribution in [1.82, 2.24) is 9.97 Å². The molecule has 0 aliphatic carbocycles. The van der Waals surface area contributed by atoms with Gasteiger partial charge in [0.2, 0.25) is 0 Å². The van der Waals surface area contributed by atoms with Crippen LogP contribution in [0.3, 0.4) is 0 Å². The Kier molecular flexibility index (Phi) is 4.42. The SMILES string of the molecule is CNc1nc(C(C)(C)C)nc(N(C)C2CCOC2C)c1C. The predicted octanol–water partition coefficient (Wildman–Crippen LogP) is 2.74. The fourth-order valence-corrected chi connectivity index (χ4v) is 2.81. The molecule has 0 saturated carbocycles. The number of nitrogens with one attached hydrogen (secondary N) is 1. The molecule has 2 rings (SSSR count). The number of likely N-dealkylation sites (N-methyl/N-ethyl adjacent to an activating group) is 1. The van der Waals surface area contributed by atoms with Crippen LogP contribution in [0.15, 0.2) is 0 Å². The number of aromatic nitrogens is 2. The van der Waals surface area contributed by atoms with Crippen LogP contribution in [-0.4, -0.2) is 42.8 Å². The summed E-state index contributed by atoms with van der Waals surface area (Å²) < 4.78 is 5.70. The first-order valence-electron chi connectivity index (χ1n) is 7.67. The summed E-state index contributed by atoms with van der Waals surface area (Å²) in [7, 11) is 4.02. The summed E-state index contributed by atoms with van der Waals surface area (Å²) in [5, 5.41) is 3.20. The fraction of sp³-hybridized carbons (Fsp3) is 0.750. The summed E-state index contributed by atoms with van der Waals surface area (Å²) in [6.07, 6.45) is 1.28. The lowest BCUT2D eigenvalue weighted by molar-refractivity contribution is 0.118. The minimum atomic E-state index is -0.0767. The Morgan fingerprint density at radius 1 is 1.29 bits per heavy atom. The molecule has 2 atom stereocenters. The summed E-state index contributed by atoms with van der Waals surface area (Å²) in [5.74, 6) is 2.77. The Balaban J connectivity index is 2.46. The van der Waals surface area contributed by atoms with Gasteiger partial charge in [0.1, 0.15) is 17.5 Å². The molecule has 0 aromatic carbocycles. The molecule has 1 aliphatic rings. The van der Waals surface area contributed by atoms with Crippen molar-refractivity contribution in [3.63, 3.8) is 0 Å². The van der Waals surface area contributed by atoms with Gasteiger partial charge in [-0.15, -0.1) is 0 Å². The number of anilines is 2. The highest BCUT2D eigenvalue weighted by atomic mass is 16.5.